The summed E-state index contributed by atoms with van der Waals surface area (Å²) in [4.78, 5) is 41.4. The number of hydrogen-bond acceptors (Lipinski definition) is 5. The van der Waals surface area contributed by atoms with Crippen molar-refractivity contribution in [2.45, 2.75) is 24.9 Å². The minimum absolute atomic E-state index is 0.00942. The smallest absolute Gasteiger partial charge is 0.257 e. The molecule has 0 bridgehead atoms. The number of furan rings is 1. The van der Waals surface area contributed by atoms with Crippen molar-refractivity contribution in [3.63, 3.8) is 0 Å². The van der Waals surface area contributed by atoms with E-state index in [-0.39, 0.29) is 23.8 Å². The molecule has 1 atom stereocenters. The molecule has 152 valence electrons. The van der Waals surface area contributed by atoms with E-state index in [1.54, 1.807) is 39.8 Å². The predicted octanol–water partition coefficient (Wildman–Crippen LogP) is 2.22. The molecule has 0 spiro atoms. The minimum Gasteiger partial charge on any atom is -0.472 e. The molecule has 29 heavy (non-hydrogen) atoms. The molecule has 0 aliphatic carbocycles. The Balaban J connectivity index is 1.31. The van der Waals surface area contributed by atoms with E-state index in [9.17, 15) is 14.4 Å². The Bertz CT molecular complexity index is 863. The molecule has 2 aliphatic rings. The monoisotopic (exact) mass is 413 g/mol. The number of amides is 3. The topological polar surface area (TPSA) is 82.9 Å². The largest absolute Gasteiger partial charge is 0.472 e. The number of rotatable bonds is 4. The quantitative estimate of drug-likeness (QED) is 0.831. The highest BCUT2D eigenvalue weighted by Gasteiger charge is 2.36. The van der Waals surface area contributed by atoms with Gasteiger partial charge in [0, 0.05) is 30.4 Å². The summed E-state index contributed by atoms with van der Waals surface area (Å²) >= 11 is 1.59. The van der Waals surface area contributed by atoms with Crippen LogP contribution in [0.3, 0.4) is 0 Å². The summed E-state index contributed by atoms with van der Waals surface area (Å²) in [6, 6.07) is 10.3. The van der Waals surface area contributed by atoms with E-state index in [4.69, 9.17) is 4.42 Å². The molecule has 1 aromatic carbocycles. The zero-order valence-corrected chi connectivity index (χ0v) is 16.8. The van der Waals surface area contributed by atoms with Crippen LogP contribution >= 0.6 is 11.8 Å². The predicted molar refractivity (Wildman–Crippen MR) is 110 cm³/mol. The highest BCUT2D eigenvalue weighted by molar-refractivity contribution is 7.99. The van der Waals surface area contributed by atoms with Gasteiger partial charge in [0.2, 0.25) is 5.91 Å². The maximum atomic E-state index is 12.9. The van der Waals surface area contributed by atoms with Crippen molar-refractivity contribution in [1.82, 2.24) is 15.1 Å². The zero-order valence-electron chi connectivity index (χ0n) is 16.0. The van der Waals surface area contributed by atoms with Gasteiger partial charge in [0.1, 0.15) is 12.3 Å². The van der Waals surface area contributed by atoms with Gasteiger partial charge in [-0.05, 0) is 31.0 Å². The fourth-order valence-electron chi connectivity index (χ4n) is 3.70. The fraction of sp³-hybridized carbons (Fsp3) is 0.381. The van der Waals surface area contributed by atoms with E-state index in [0.29, 0.717) is 48.7 Å². The molecule has 8 heteroatoms. The third-order valence-corrected chi connectivity index (χ3v) is 6.38. The van der Waals surface area contributed by atoms with Gasteiger partial charge < -0.3 is 19.5 Å². The molecule has 2 fully saturated rings. The fourth-order valence-corrected chi connectivity index (χ4v) is 4.85. The summed E-state index contributed by atoms with van der Waals surface area (Å²) in [5.41, 5.74) is 1.14. The van der Waals surface area contributed by atoms with E-state index in [1.165, 1.54) is 12.5 Å². The number of thioether (sulfide) groups is 1. The van der Waals surface area contributed by atoms with Crippen LogP contribution in [0.15, 0.2) is 53.3 Å². The number of carbonyl (C=O) groups is 3. The minimum atomic E-state index is -0.460. The lowest BCUT2D eigenvalue weighted by Gasteiger charge is -2.33. The Labute approximate surface area is 173 Å². The van der Waals surface area contributed by atoms with Gasteiger partial charge in [0.05, 0.1) is 17.7 Å². The number of nitrogens with zero attached hydrogens (tertiary/aromatic N) is 2. The maximum Gasteiger partial charge on any atom is 0.257 e. The number of hydrogen-bond donors (Lipinski definition) is 1. The third kappa shape index (κ3) is 4.32. The average molecular weight is 413 g/mol. The first-order valence-corrected chi connectivity index (χ1v) is 10.8. The lowest BCUT2D eigenvalue weighted by molar-refractivity contribution is -0.125. The van der Waals surface area contributed by atoms with E-state index in [0.717, 1.165) is 0 Å². The van der Waals surface area contributed by atoms with Gasteiger partial charge in [-0.1, -0.05) is 18.2 Å². The van der Waals surface area contributed by atoms with Crippen LogP contribution in [0.4, 0.5) is 0 Å². The van der Waals surface area contributed by atoms with Gasteiger partial charge in [-0.25, -0.2) is 0 Å². The van der Waals surface area contributed by atoms with Crippen molar-refractivity contribution >= 4 is 29.5 Å². The lowest BCUT2D eigenvalue weighted by Crippen LogP contribution is -2.52. The molecule has 7 nitrogen and oxygen atoms in total. The summed E-state index contributed by atoms with van der Waals surface area (Å²) in [6.45, 7) is 1.17. The summed E-state index contributed by atoms with van der Waals surface area (Å²) in [7, 11) is 0. The molecule has 1 unspecified atom stereocenters. The molecule has 0 saturated carbocycles. The second-order valence-electron chi connectivity index (χ2n) is 7.24. The molecule has 1 N–H and O–H groups in total. The average Bonchev–Trinajstić information content (AvgIpc) is 3.46. The van der Waals surface area contributed by atoms with Gasteiger partial charge in [0.25, 0.3) is 11.8 Å². The van der Waals surface area contributed by atoms with Crippen molar-refractivity contribution in [3.05, 3.63) is 60.1 Å². The molecular weight excluding hydrogens is 390 g/mol. The van der Waals surface area contributed by atoms with Crippen molar-refractivity contribution in [1.29, 1.82) is 0 Å². The van der Waals surface area contributed by atoms with E-state index >= 15 is 0 Å². The van der Waals surface area contributed by atoms with Crippen molar-refractivity contribution < 1.29 is 18.8 Å². The van der Waals surface area contributed by atoms with Crippen LogP contribution in [0, 0.1) is 0 Å². The van der Waals surface area contributed by atoms with Gasteiger partial charge in [-0.3, -0.25) is 14.4 Å². The second-order valence-corrected chi connectivity index (χ2v) is 8.24. The zero-order chi connectivity index (χ0) is 20.2. The van der Waals surface area contributed by atoms with E-state index in [1.807, 2.05) is 18.2 Å². The first kappa shape index (κ1) is 19.6. The molecule has 2 aromatic rings. The SMILES string of the molecule is O=C(NC1CCN(C(=O)c2ccoc2)CC1)C1CSCN1C(=O)c1ccccc1. The van der Waals surface area contributed by atoms with Crippen molar-refractivity contribution in [3.8, 4) is 0 Å². The summed E-state index contributed by atoms with van der Waals surface area (Å²) in [5, 5.41) is 3.09. The van der Waals surface area contributed by atoms with Crippen molar-refractivity contribution in [2.24, 2.45) is 0 Å². The Morgan fingerprint density at radius 3 is 2.45 bits per heavy atom. The first-order chi connectivity index (χ1) is 14.1. The van der Waals surface area contributed by atoms with Crippen LogP contribution in [-0.4, -0.2) is 64.3 Å². The molecule has 1 aromatic heterocycles. The summed E-state index contributed by atoms with van der Waals surface area (Å²) < 4.78 is 4.98. The van der Waals surface area contributed by atoms with Crippen LogP contribution in [0.5, 0.6) is 0 Å². The molecule has 0 radical (unpaired) electrons. The van der Waals surface area contributed by atoms with Crippen LogP contribution in [0.2, 0.25) is 0 Å². The first-order valence-electron chi connectivity index (χ1n) is 9.69. The Morgan fingerprint density at radius 2 is 1.76 bits per heavy atom. The van der Waals surface area contributed by atoms with Gasteiger partial charge in [-0.15, -0.1) is 11.8 Å². The number of nitrogens with one attached hydrogen (secondary N) is 1. The normalized spacial score (nSPS) is 19.9. The second kappa shape index (κ2) is 8.73. The lowest BCUT2D eigenvalue weighted by atomic mass is 10.0. The van der Waals surface area contributed by atoms with E-state index in [2.05, 4.69) is 5.32 Å². The van der Waals surface area contributed by atoms with Crippen LogP contribution in [0.25, 0.3) is 0 Å². The standard InChI is InChI=1S/C21H23N3O4S/c25-19(18-13-29-14-24(18)21(27)15-4-2-1-3-5-15)22-17-6-9-23(10-7-17)20(26)16-8-11-28-12-16/h1-5,8,11-12,17-18H,6-7,9-10,13-14H2,(H,22,25). The molecule has 2 saturated heterocycles. The van der Waals surface area contributed by atoms with Crippen LogP contribution in [0.1, 0.15) is 33.6 Å². The van der Waals surface area contributed by atoms with Crippen molar-refractivity contribution in [2.75, 3.05) is 24.7 Å². The van der Waals surface area contributed by atoms with Gasteiger partial charge in [-0.2, -0.15) is 0 Å². The highest BCUT2D eigenvalue weighted by atomic mass is 32.2. The van der Waals surface area contributed by atoms with Gasteiger partial charge >= 0.3 is 0 Å². The summed E-state index contributed by atoms with van der Waals surface area (Å²) in [5.74, 6) is 0.844. The van der Waals surface area contributed by atoms with E-state index < -0.39 is 6.04 Å². The summed E-state index contributed by atoms with van der Waals surface area (Å²) in [6.07, 6.45) is 4.33. The molecular formula is C21H23N3O4S. The molecule has 2 aliphatic heterocycles. The Morgan fingerprint density at radius 1 is 1.00 bits per heavy atom. The molecule has 4 rings (SSSR count). The number of piperidine rings is 1. The highest BCUT2D eigenvalue weighted by Crippen LogP contribution is 2.24. The maximum absolute atomic E-state index is 12.9. The number of benzene rings is 1. The van der Waals surface area contributed by atoms with Crippen LogP contribution < -0.4 is 5.32 Å². The molecule has 3 heterocycles. The molecule has 3 amide bonds. The van der Waals surface area contributed by atoms with Gasteiger partial charge in [0.15, 0.2) is 0 Å². The number of carbonyl (C=O) groups excluding carboxylic acids is 3. The Kier molecular flexibility index (Phi) is 5.89. The van der Waals surface area contributed by atoms with Crippen LogP contribution in [-0.2, 0) is 4.79 Å². The Hall–Kier alpha value is -2.74. The third-order valence-electron chi connectivity index (χ3n) is 5.36. The number of likely N-dealkylation sites (tertiary alicyclic amines) is 1.